The molecule has 0 bridgehead atoms. The van der Waals surface area contributed by atoms with Crippen molar-refractivity contribution in [3.63, 3.8) is 0 Å². The molecule has 2 aromatic carbocycles. The number of hydrogen-bond acceptors (Lipinski definition) is 3. The quantitative estimate of drug-likeness (QED) is 0.704. The van der Waals surface area contributed by atoms with Gasteiger partial charge < -0.3 is 4.74 Å². The Balaban J connectivity index is 1.98. The Morgan fingerprint density at radius 1 is 1.16 bits per heavy atom. The number of fused-ring (bicyclic) bond motifs is 3. The standard InChI is InChI=1S/C20H18ClN3O/c1-13-23-17(12-25-2)19-11-22-20(14-6-4-3-5-7-14)16-10-15(21)8-9-18(16)24(13)19/h3-10H,11-12H2,1-2H3. The Hall–Kier alpha value is -2.43. The molecule has 0 amide bonds. The second-order valence-electron chi connectivity index (χ2n) is 6.01. The van der Waals surface area contributed by atoms with E-state index in [9.17, 15) is 0 Å². The van der Waals surface area contributed by atoms with Gasteiger partial charge in [0.2, 0.25) is 0 Å². The van der Waals surface area contributed by atoms with Crippen molar-refractivity contribution in [3.8, 4) is 5.69 Å². The lowest BCUT2D eigenvalue weighted by molar-refractivity contribution is 0.181. The number of aliphatic imine (C=N–C) groups is 1. The number of aromatic nitrogens is 2. The maximum Gasteiger partial charge on any atom is 0.110 e. The minimum Gasteiger partial charge on any atom is -0.378 e. The van der Waals surface area contributed by atoms with Gasteiger partial charge >= 0.3 is 0 Å². The molecule has 0 N–H and O–H groups in total. The maximum atomic E-state index is 6.30. The third-order valence-corrected chi connectivity index (χ3v) is 4.63. The first-order valence-corrected chi connectivity index (χ1v) is 8.53. The van der Waals surface area contributed by atoms with Crippen LogP contribution in [-0.4, -0.2) is 22.4 Å². The SMILES string of the molecule is COCc1nc(C)n2c1CN=C(c1ccccc1)c1cc(Cl)ccc1-2. The van der Waals surface area contributed by atoms with Crippen molar-refractivity contribution in [1.29, 1.82) is 0 Å². The number of ether oxygens (including phenoxy) is 1. The summed E-state index contributed by atoms with van der Waals surface area (Å²) in [6.45, 7) is 3.03. The summed E-state index contributed by atoms with van der Waals surface area (Å²) in [6.07, 6.45) is 0. The molecule has 25 heavy (non-hydrogen) atoms. The van der Waals surface area contributed by atoms with Gasteiger partial charge in [-0.2, -0.15) is 0 Å². The van der Waals surface area contributed by atoms with Gasteiger partial charge in [0.25, 0.3) is 0 Å². The third-order valence-electron chi connectivity index (χ3n) is 4.39. The van der Waals surface area contributed by atoms with Gasteiger partial charge in [-0.1, -0.05) is 41.9 Å². The molecular formula is C20H18ClN3O. The topological polar surface area (TPSA) is 39.4 Å². The van der Waals surface area contributed by atoms with E-state index in [0.717, 1.165) is 39.7 Å². The van der Waals surface area contributed by atoms with Crippen LogP contribution in [0.25, 0.3) is 5.69 Å². The van der Waals surface area contributed by atoms with Crippen molar-refractivity contribution >= 4 is 17.3 Å². The van der Waals surface area contributed by atoms with Crippen LogP contribution >= 0.6 is 11.6 Å². The summed E-state index contributed by atoms with van der Waals surface area (Å²) in [6, 6.07) is 16.1. The van der Waals surface area contributed by atoms with E-state index in [1.54, 1.807) is 7.11 Å². The molecule has 2 heterocycles. The summed E-state index contributed by atoms with van der Waals surface area (Å²) in [5, 5.41) is 0.695. The fraction of sp³-hybridized carbons (Fsp3) is 0.200. The predicted molar refractivity (Wildman–Crippen MR) is 99.8 cm³/mol. The number of nitrogens with zero attached hydrogens (tertiary/aromatic N) is 3. The Kier molecular flexibility index (Phi) is 4.15. The first-order valence-electron chi connectivity index (χ1n) is 8.15. The fourth-order valence-electron chi connectivity index (χ4n) is 3.34. The molecule has 0 radical (unpaired) electrons. The lowest BCUT2D eigenvalue weighted by atomic mass is 10.0. The van der Waals surface area contributed by atoms with E-state index in [1.165, 1.54) is 0 Å². The van der Waals surface area contributed by atoms with Crippen LogP contribution in [0.4, 0.5) is 0 Å². The molecule has 0 unspecified atom stereocenters. The van der Waals surface area contributed by atoms with E-state index in [4.69, 9.17) is 21.3 Å². The Morgan fingerprint density at radius 2 is 1.96 bits per heavy atom. The smallest absolute Gasteiger partial charge is 0.110 e. The number of benzene rings is 2. The van der Waals surface area contributed by atoms with Gasteiger partial charge in [-0.25, -0.2) is 4.98 Å². The Bertz CT molecular complexity index is 961. The Morgan fingerprint density at radius 3 is 2.72 bits per heavy atom. The molecule has 126 valence electrons. The van der Waals surface area contributed by atoms with E-state index < -0.39 is 0 Å². The minimum atomic E-state index is 0.474. The highest BCUT2D eigenvalue weighted by Gasteiger charge is 2.23. The van der Waals surface area contributed by atoms with Gasteiger partial charge in [0, 0.05) is 23.3 Å². The van der Waals surface area contributed by atoms with Gasteiger partial charge in [0.05, 0.1) is 35.9 Å². The van der Waals surface area contributed by atoms with Crippen molar-refractivity contribution in [2.24, 2.45) is 4.99 Å². The van der Waals surface area contributed by atoms with Gasteiger partial charge in [0.15, 0.2) is 0 Å². The van der Waals surface area contributed by atoms with Gasteiger partial charge in [-0.3, -0.25) is 9.56 Å². The predicted octanol–water partition coefficient (Wildman–Crippen LogP) is 4.33. The largest absolute Gasteiger partial charge is 0.378 e. The van der Waals surface area contributed by atoms with Crippen molar-refractivity contribution < 1.29 is 4.74 Å². The zero-order chi connectivity index (χ0) is 17.4. The molecule has 0 saturated heterocycles. The molecule has 4 nitrogen and oxygen atoms in total. The Labute approximate surface area is 151 Å². The monoisotopic (exact) mass is 351 g/mol. The van der Waals surface area contributed by atoms with Crippen LogP contribution in [0.15, 0.2) is 53.5 Å². The number of methoxy groups -OCH3 is 1. The molecule has 0 fully saturated rings. The van der Waals surface area contributed by atoms with E-state index >= 15 is 0 Å². The van der Waals surface area contributed by atoms with Crippen LogP contribution < -0.4 is 0 Å². The highest BCUT2D eigenvalue weighted by molar-refractivity contribution is 6.31. The van der Waals surface area contributed by atoms with E-state index in [-0.39, 0.29) is 0 Å². The normalized spacial score (nSPS) is 13.0. The number of hydrogen-bond donors (Lipinski definition) is 0. The molecule has 5 heteroatoms. The summed E-state index contributed by atoms with van der Waals surface area (Å²) in [5.41, 5.74) is 6.09. The average molecular weight is 352 g/mol. The lowest BCUT2D eigenvalue weighted by Gasteiger charge is -2.13. The highest BCUT2D eigenvalue weighted by Crippen LogP contribution is 2.30. The summed E-state index contributed by atoms with van der Waals surface area (Å²) in [4.78, 5) is 9.59. The van der Waals surface area contributed by atoms with Crippen LogP contribution in [0.1, 0.15) is 28.3 Å². The van der Waals surface area contributed by atoms with E-state index in [0.29, 0.717) is 18.2 Å². The first-order chi connectivity index (χ1) is 12.2. The van der Waals surface area contributed by atoms with Crippen molar-refractivity contribution in [2.75, 3.05) is 7.11 Å². The molecule has 1 aromatic heterocycles. The van der Waals surface area contributed by atoms with Crippen molar-refractivity contribution in [3.05, 3.63) is 81.9 Å². The summed E-state index contributed by atoms with van der Waals surface area (Å²) in [7, 11) is 1.68. The molecule has 0 saturated carbocycles. The first kappa shape index (κ1) is 16.1. The van der Waals surface area contributed by atoms with Crippen LogP contribution in [-0.2, 0) is 17.9 Å². The molecule has 3 aromatic rings. The number of aryl methyl sites for hydroxylation is 1. The highest BCUT2D eigenvalue weighted by atomic mass is 35.5. The van der Waals surface area contributed by atoms with Gasteiger partial charge in [0.1, 0.15) is 5.82 Å². The molecule has 0 aliphatic carbocycles. The molecule has 0 spiro atoms. The van der Waals surface area contributed by atoms with Crippen LogP contribution in [0.5, 0.6) is 0 Å². The van der Waals surface area contributed by atoms with Crippen LogP contribution in [0.3, 0.4) is 0 Å². The van der Waals surface area contributed by atoms with Crippen molar-refractivity contribution in [1.82, 2.24) is 9.55 Å². The fourth-order valence-corrected chi connectivity index (χ4v) is 3.52. The van der Waals surface area contributed by atoms with Crippen LogP contribution in [0.2, 0.25) is 5.02 Å². The zero-order valence-electron chi connectivity index (χ0n) is 14.2. The van der Waals surface area contributed by atoms with Gasteiger partial charge in [-0.05, 0) is 25.1 Å². The van der Waals surface area contributed by atoms with E-state index in [2.05, 4.69) is 21.7 Å². The zero-order valence-corrected chi connectivity index (χ0v) is 14.9. The molecular weight excluding hydrogens is 334 g/mol. The van der Waals surface area contributed by atoms with Gasteiger partial charge in [-0.15, -0.1) is 0 Å². The van der Waals surface area contributed by atoms with Crippen LogP contribution in [0, 0.1) is 6.92 Å². The number of halogens is 1. The summed E-state index contributed by atoms with van der Waals surface area (Å²) >= 11 is 6.30. The summed E-state index contributed by atoms with van der Waals surface area (Å²) < 4.78 is 7.49. The molecule has 1 aliphatic rings. The average Bonchev–Trinajstić information content (AvgIpc) is 2.82. The third kappa shape index (κ3) is 2.77. The maximum absolute atomic E-state index is 6.30. The van der Waals surface area contributed by atoms with E-state index in [1.807, 2.05) is 43.3 Å². The van der Waals surface area contributed by atoms with Crippen molar-refractivity contribution in [2.45, 2.75) is 20.1 Å². The molecule has 4 rings (SSSR count). The number of imidazole rings is 1. The second-order valence-corrected chi connectivity index (χ2v) is 6.45. The number of rotatable bonds is 3. The molecule has 1 aliphatic heterocycles. The second kappa shape index (κ2) is 6.47. The molecule has 0 atom stereocenters. The minimum absolute atomic E-state index is 0.474. The lowest BCUT2D eigenvalue weighted by Crippen LogP contribution is -2.08. The summed E-state index contributed by atoms with van der Waals surface area (Å²) in [5.74, 6) is 0.926.